The molecule has 78 heavy (non-hydrogen) atoms. The van der Waals surface area contributed by atoms with E-state index in [9.17, 15) is 54.2 Å². The highest BCUT2D eigenvalue weighted by molar-refractivity contribution is 6.39. The van der Waals surface area contributed by atoms with E-state index in [0.717, 1.165) is 4.90 Å². The van der Waals surface area contributed by atoms with Crippen molar-refractivity contribution in [1.82, 2.24) is 20.1 Å². The number of rotatable bonds is 8. The molecule has 5 rings (SSSR count). The lowest BCUT2D eigenvalue weighted by molar-refractivity contribution is -0.306. The van der Waals surface area contributed by atoms with Gasteiger partial charge in [-0.3, -0.25) is 29.6 Å². The number of hydrogen-bond acceptors (Lipinski definition) is 18. The summed E-state index contributed by atoms with van der Waals surface area (Å²) in [6.07, 6.45) is 8.81. The zero-order valence-electron chi connectivity index (χ0n) is 47.5. The molecule has 21 nitrogen and oxygen atoms in total. The van der Waals surface area contributed by atoms with Crippen LogP contribution in [0, 0.1) is 41.4 Å². The van der Waals surface area contributed by atoms with Crippen molar-refractivity contribution in [2.24, 2.45) is 41.4 Å². The number of fused-ring (bicyclic) bond motifs is 3. The number of morpholine rings is 1. The number of amides is 3. The number of piperidine rings is 1. The summed E-state index contributed by atoms with van der Waals surface area (Å²) >= 11 is 0. The lowest BCUT2D eigenvalue weighted by Gasteiger charge is -2.43. The summed E-state index contributed by atoms with van der Waals surface area (Å²) in [6, 6.07) is -2.94. The SMILES string of the molecule is CO[C@@H]1C[C@H](C[C@@H](C)[C@@H]2CC(=O)[C@H](C)/C=C(\C)[C@@H](O)[C@@H](OC)C(=O)[C@H](C)C[C@H](C)/C=C/C=C/C=C(\C)[C@H](N(O)C(=O)N3CCOCC3)C[C@@H]3CC[C@@H](C)[C@@](O)(O3)C(=O)C(=O)N3CCCC[C@H]3C(=O)O2)CC[C@H]1C(=O)ON(C)O. The number of ether oxygens (including phenoxy) is 5. The van der Waals surface area contributed by atoms with Gasteiger partial charge in [0.05, 0.1) is 44.4 Å². The summed E-state index contributed by atoms with van der Waals surface area (Å²) in [6.45, 7) is 13.2. The highest BCUT2D eigenvalue weighted by Gasteiger charge is 2.53. The highest BCUT2D eigenvalue weighted by Crippen LogP contribution is 2.39. The van der Waals surface area contributed by atoms with Gasteiger partial charge >= 0.3 is 18.0 Å². The zero-order valence-corrected chi connectivity index (χ0v) is 47.5. The van der Waals surface area contributed by atoms with Gasteiger partial charge in [-0.1, -0.05) is 71.1 Å². The van der Waals surface area contributed by atoms with E-state index in [-0.39, 0.29) is 81.9 Å². The fourth-order valence-electron chi connectivity index (χ4n) is 11.7. The van der Waals surface area contributed by atoms with Crippen LogP contribution in [0.25, 0.3) is 0 Å². The minimum absolute atomic E-state index is 0.0163. The van der Waals surface area contributed by atoms with Gasteiger partial charge in [0.2, 0.25) is 5.79 Å². The molecule has 4 fully saturated rings. The molecule has 0 unspecified atom stereocenters. The second kappa shape index (κ2) is 29.7. The van der Waals surface area contributed by atoms with Crippen LogP contribution >= 0.6 is 0 Å². The summed E-state index contributed by atoms with van der Waals surface area (Å²) in [5.74, 6) is -10.7. The topological polar surface area (TPSA) is 269 Å². The number of ketones is 3. The Morgan fingerprint density at radius 3 is 2.24 bits per heavy atom. The smallest absolute Gasteiger partial charge is 0.344 e. The van der Waals surface area contributed by atoms with E-state index in [1.165, 1.54) is 26.2 Å². The fraction of sp³-hybridized carbons (Fsp3) is 0.737. The third-order valence-electron chi connectivity index (χ3n) is 16.6. The maximum absolute atomic E-state index is 14.6. The number of methoxy groups -OCH3 is 2. The number of aliphatic hydroxyl groups excluding tert-OH is 1. The van der Waals surface area contributed by atoms with Gasteiger partial charge in [0.15, 0.2) is 5.78 Å². The van der Waals surface area contributed by atoms with Crippen molar-refractivity contribution in [2.75, 3.05) is 54.1 Å². The monoisotopic (exact) mass is 1100 g/mol. The molecule has 0 aromatic rings. The van der Waals surface area contributed by atoms with Crippen LogP contribution in [0.3, 0.4) is 0 Å². The van der Waals surface area contributed by atoms with Crippen molar-refractivity contribution in [3.8, 4) is 0 Å². The van der Waals surface area contributed by atoms with E-state index in [1.54, 1.807) is 58.9 Å². The summed E-state index contributed by atoms with van der Waals surface area (Å²) < 4.78 is 29.3. The van der Waals surface area contributed by atoms with E-state index < -0.39 is 108 Å². The van der Waals surface area contributed by atoms with E-state index >= 15 is 0 Å². The molecule has 3 amide bonds. The molecule has 1 aliphatic carbocycles. The van der Waals surface area contributed by atoms with Crippen LogP contribution in [0.4, 0.5) is 4.79 Å². The van der Waals surface area contributed by atoms with Crippen molar-refractivity contribution < 1.29 is 82.7 Å². The predicted octanol–water partition coefficient (Wildman–Crippen LogP) is 5.71. The van der Waals surface area contributed by atoms with E-state index in [4.69, 9.17) is 28.5 Å². The molecule has 2 bridgehead atoms. The van der Waals surface area contributed by atoms with Gasteiger partial charge < -0.3 is 48.5 Å². The number of Topliss-reactive ketones (excluding diaryl/α,β-unsaturated/α-hetero) is 3. The third-order valence-corrected chi connectivity index (χ3v) is 16.6. The molecule has 438 valence electrons. The molecular formula is C57H88N4O17. The van der Waals surface area contributed by atoms with Crippen molar-refractivity contribution in [2.45, 2.75) is 174 Å². The van der Waals surface area contributed by atoms with Crippen LogP contribution in [0.1, 0.15) is 126 Å². The maximum Gasteiger partial charge on any atom is 0.344 e. The Kier molecular flexibility index (Phi) is 24.4. The van der Waals surface area contributed by atoms with Gasteiger partial charge in [-0.25, -0.2) is 14.4 Å². The third kappa shape index (κ3) is 16.7. The number of carbonyl (C=O) groups is 7. The van der Waals surface area contributed by atoms with Crippen molar-refractivity contribution in [3.63, 3.8) is 0 Å². The van der Waals surface area contributed by atoms with Crippen LogP contribution in [-0.4, -0.2) is 184 Å². The minimum atomic E-state index is -2.64. The second-order valence-electron chi connectivity index (χ2n) is 22.5. The van der Waals surface area contributed by atoms with Crippen molar-refractivity contribution >= 4 is 41.2 Å². The van der Waals surface area contributed by atoms with Crippen LogP contribution in [0.15, 0.2) is 47.6 Å². The van der Waals surface area contributed by atoms with E-state index in [2.05, 4.69) is 0 Å². The Hall–Kier alpha value is -4.71. The Morgan fingerprint density at radius 2 is 1.58 bits per heavy atom. The first-order valence-electron chi connectivity index (χ1n) is 27.9. The summed E-state index contributed by atoms with van der Waals surface area (Å²) in [4.78, 5) is 106. The zero-order chi connectivity index (χ0) is 57.6. The van der Waals surface area contributed by atoms with E-state index in [0.29, 0.717) is 72.8 Å². The molecule has 0 radical (unpaired) electrons. The molecule has 0 aromatic heterocycles. The van der Waals surface area contributed by atoms with Crippen molar-refractivity contribution in [1.29, 1.82) is 0 Å². The molecule has 0 spiro atoms. The second-order valence-corrected chi connectivity index (χ2v) is 22.5. The molecular weight excluding hydrogens is 1010 g/mol. The molecule has 5 aliphatic rings. The molecule has 0 aromatic carbocycles. The van der Waals surface area contributed by atoms with Gasteiger partial charge in [0.1, 0.15) is 30.1 Å². The number of aliphatic hydroxyl groups is 2. The molecule has 4 N–H and O–H groups in total. The molecule has 15 atom stereocenters. The Balaban J connectivity index is 1.50. The Bertz CT molecular complexity index is 2210. The van der Waals surface area contributed by atoms with Gasteiger partial charge in [-0.2, -0.15) is 5.06 Å². The lowest BCUT2D eigenvalue weighted by atomic mass is 9.75. The molecule has 3 saturated heterocycles. The minimum Gasteiger partial charge on any atom is -0.460 e. The van der Waals surface area contributed by atoms with Crippen LogP contribution in [0.2, 0.25) is 0 Å². The van der Waals surface area contributed by atoms with Crippen LogP contribution in [-0.2, 0) is 57.3 Å². The number of nitrogens with zero attached hydrogens (tertiary/aromatic N) is 4. The Labute approximate surface area is 459 Å². The average Bonchev–Trinajstić information content (AvgIpc) is 3.43. The number of esters is 1. The number of hydroxylamine groups is 4. The normalized spacial score (nSPS) is 36.8. The summed E-state index contributed by atoms with van der Waals surface area (Å²) in [5.41, 5.74) is 0.867. The number of carbonyl (C=O) groups excluding carboxylic acids is 7. The largest absolute Gasteiger partial charge is 0.460 e. The molecule has 1 saturated carbocycles. The van der Waals surface area contributed by atoms with Gasteiger partial charge in [-0.15, -0.1) is 0 Å². The number of urea groups is 1. The van der Waals surface area contributed by atoms with Gasteiger partial charge in [-0.05, 0) is 112 Å². The number of hydrogen-bond donors (Lipinski definition) is 4. The lowest BCUT2D eigenvalue weighted by Crippen LogP contribution is -2.61. The highest BCUT2D eigenvalue weighted by atomic mass is 16.9. The van der Waals surface area contributed by atoms with Crippen LogP contribution in [0.5, 0.6) is 0 Å². The summed E-state index contributed by atoms with van der Waals surface area (Å²) in [7, 11) is 4.01. The predicted molar refractivity (Wildman–Crippen MR) is 283 cm³/mol. The first kappa shape index (κ1) is 64.1. The first-order valence-corrected chi connectivity index (χ1v) is 27.9. The van der Waals surface area contributed by atoms with E-state index in [1.807, 2.05) is 26.0 Å². The van der Waals surface area contributed by atoms with Gasteiger partial charge in [0, 0.05) is 64.4 Å². The molecule has 4 heterocycles. The maximum atomic E-state index is 14.6. The van der Waals surface area contributed by atoms with Crippen molar-refractivity contribution in [3.05, 3.63) is 47.6 Å². The van der Waals surface area contributed by atoms with Crippen LogP contribution < -0.4 is 0 Å². The first-order chi connectivity index (χ1) is 36.9. The number of allylic oxidation sites excluding steroid dienone is 6. The molecule has 4 aliphatic heterocycles. The number of cyclic esters (lactones) is 1. The fourth-order valence-corrected chi connectivity index (χ4v) is 11.7. The average molecular weight is 1100 g/mol. The van der Waals surface area contributed by atoms with Gasteiger partial charge in [0.25, 0.3) is 11.7 Å². The standard InChI is InChI=1S/C57H88N4O17/c1-34-16-12-11-13-17-35(2)45(61(72)56(69)59-24-26-75-27-25-59)32-42-21-19-40(7)57(70,77-42)52(65)53(66)60-23-15-14-18-44(60)55(68)76-47(37(4)30-41-20-22-43(48(31-41)73-9)54(67)78-58(8)71)33-46(62)36(3)29-39(6)50(64)51(74-10)49(63)38(5)28-34/h11-13,16-17,29,34,36-38,40-45,47-48,50-51,64,70-72H,14-15,18-28,30-33H2,1-10H3/b13-11+,16-12+,35-17+,39-29+/t34-,36-,37-,38-,40-,41+,42+,43-,44+,45-,47+,48-,50-,51+,57-/m1/s1. The quantitative estimate of drug-likeness (QED) is 0.0745. The Morgan fingerprint density at radius 1 is 0.872 bits per heavy atom. The molecule has 21 heteroatoms. The summed E-state index contributed by atoms with van der Waals surface area (Å²) in [5, 5.41) is 45.9.